The minimum Gasteiger partial charge on any atom is -0.320 e. The summed E-state index contributed by atoms with van der Waals surface area (Å²) in [6.07, 6.45) is 2.40. The molecule has 2 aromatic rings. The molecule has 0 fully saturated rings. The van der Waals surface area contributed by atoms with E-state index in [1.165, 1.54) is 22.7 Å². The van der Waals surface area contributed by atoms with Gasteiger partial charge >= 0.3 is 0 Å². The zero-order valence-electron chi connectivity index (χ0n) is 12.5. The van der Waals surface area contributed by atoms with E-state index in [1.807, 2.05) is 24.3 Å². The number of pyridine rings is 1. The number of hydrogen-bond acceptors (Lipinski definition) is 3. The molecule has 1 unspecified atom stereocenters. The van der Waals surface area contributed by atoms with E-state index in [1.54, 1.807) is 13.1 Å². The molecule has 0 aliphatic rings. The molecule has 1 aromatic heterocycles. The van der Waals surface area contributed by atoms with Crippen LogP contribution in [-0.2, 0) is 6.42 Å². The van der Waals surface area contributed by atoms with E-state index in [4.69, 9.17) is 11.6 Å². The smallest absolute Gasteiger partial charge is 0.273 e. The molecule has 0 aliphatic carbocycles. The summed E-state index contributed by atoms with van der Waals surface area (Å²) >= 11 is 5.88. The maximum atomic E-state index is 12.4. The highest BCUT2D eigenvalue weighted by molar-refractivity contribution is 6.30. The van der Waals surface area contributed by atoms with Crippen molar-refractivity contribution in [2.75, 3.05) is 7.05 Å². The minimum absolute atomic E-state index is 0.223. The lowest BCUT2D eigenvalue weighted by Crippen LogP contribution is -2.31. The van der Waals surface area contributed by atoms with E-state index in [0.29, 0.717) is 5.02 Å². The van der Waals surface area contributed by atoms with Crippen LogP contribution < -0.4 is 0 Å². The Morgan fingerprint density at radius 3 is 2.59 bits per heavy atom. The quantitative estimate of drug-likeness (QED) is 0.866. The highest BCUT2D eigenvalue weighted by atomic mass is 35.5. The van der Waals surface area contributed by atoms with Crippen LogP contribution in [-0.4, -0.2) is 22.8 Å². The van der Waals surface area contributed by atoms with Gasteiger partial charge in [0.2, 0.25) is 0 Å². The predicted molar refractivity (Wildman–Crippen MR) is 85.5 cm³/mol. The summed E-state index contributed by atoms with van der Waals surface area (Å²) in [6.45, 7) is 2.07. The molecule has 2 rings (SSSR count). The van der Waals surface area contributed by atoms with Gasteiger partial charge in [0.05, 0.1) is 6.07 Å². The number of nitrogens with zero attached hydrogens (tertiary/aromatic N) is 3. The Kier molecular flexibility index (Phi) is 5.13. The topological polar surface area (TPSA) is 57.0 Å². The van der Waals surface area contributed by atoms with Crippen LogP contribution in [0.5, 0.6) is 0 Å². The summed E-state index contributed by atoms with van der Waals surface area (Å²) in [6, 6.07) is 12.3. The van der Waals surface area contributed by atoms with Crippen LogP contribution in [0, 0.1) is 11.3 Å². The van der Waals surface area contributed by atoms with Crippen molar-refractivity contribution >= 4 is 17.5 Å². The van der Waals surface area contributed by atoms with Crippen molar-refractivity contribution in [2.45, 2.75) is 19.4 Å². The van der Waals surface area contributed by atoms with Crippen molar-refractivity contribution in [3.63, 3.8) is 0 Å². The van der Waals surface area contributed by atoms with Crippen LogP contribution in [0.3, 0.4) is 0 Å². The summed E-state index contributed by atoms with van der Waals surface area (Å²) in [5.41, 5.74) is 2.18. The number of amides is 1. The average molecular weight is 314 g/mol. The van der Waals surface area contributed by atoms with Gasteiger partial charge in [0.1, 0.15) is 11.7 Å². The molecule has 0 radical (unpaired) electrons. The van der Waals surface area contributed by atoms with Crippen molar-refractivity contribution in [2.24, 2.45) is 0 Å². The van der Waals surface area contributed by atoms with E-state index < -0.39 is 6.04 Å². The Morgan fingerprint density at radius 1 is 1.36 bits per heavy atom. The van der Waals surface area contributed by atoms with Gasteiger partial charge in [0, 0.05) is 18.3 Å². The first-order chi connectivity index (χ1) is 10.6. The molecule has 1 aromatic carbocycles. The lowest BCUT2D eigenvalue weighted by molar-refractivity contribution is 0.0757. The largest absolute Gasteiger partial charge is 0.320 e. The Bertz CT molecular complexity index is 707. The molecule has 0 saturated carbocycles. The normalized spacial score (nSPS) is 11.5. The number of aromatic nitrogens is 1. The predicted octanol–water partition coefficient (Wildman–Crippen LogP) is 3.63. The molecule has 0 bridgehead atoms. The average Bonchev–Trinajstić information content (AvgIpc) is 2.55. The number of carbonyl (C=O) groups is 1. The van der Waals surface area contributed by atoms with Gasteiger partial charge < -0.3 is 4.90 Å². The van der Waals surface area contributed by atoms with Crippen LogP contribution in [0.4, 0.5) is 0 Å². The Balaban J connectivity index is 2.26. The molecule has 22 heavy (non-hydrogen) atoms. The second kappa shape index (κ2) is 7.06. The number of halogens is 1. The van der Waals surface area contributed by atoms with Crippen molar-refractivity contribution in [3.8, 4) is 6.07 Å². The second-order valence-corrected chi connectivity index (χ2v) is 5.34. The first-order valence-electron chi connectivity index (χ1n) is 6.94. The van der Waals surface area contributed by atoms with Crippen molar-refractivity contribution < 1.29 is 4.79 Å². The molecule has 1 heterocycles. The van der Waals surface area contributed by atoms with Gasteiger partial charge in [0.25, 0.3) is 5.91 Å². The summed E-state index contributed by atoms with van der Waals surface area (Å²) in [5.74, 6) is -0.339. The number of rotatable bonds is 4. The Labute approximate surface area is 135 Å². The fourth-order valence-electron chi connectivity index (χ4n) is 2.14. The summed E-state index contributed by atoms with van der Waals surface area (Å²) in [4.78, 5) is 17.8. The maximum Gasteiger partial charge on any atom is 0.273 e. The first-order valence-corrected chi connectivity index (χ1v) is 7.31. The van der Waals surface area contributed by atoms with Crippen LogP contribution in [0.25, 0.3) is 0 Å². The van der Waals surface area contributed by atoms with Gasteiger partial charge in [-0.2, -0.15) is 5.26 Å². The number of hydrogen-bond donors (Lipinski definition) is 0. The number of benzene rings is 1. The molecular weight excluding hydrogens is 298 g/mol. The molecule has 0 spiro atoms. The fourth-order valence-corrected chi connectivity index (χ4v) is 2.30. The van der Waals surface area contributed by atoms with Gasteiger partial charge in [0.15, 0.2) is 0 Å². The molecule has 0 aliphatic heterocycles. The third kappa shape index (κ3) is 3.44. The summed E-state index contributed by atoms with van der Waals surface area (Å²) in [5, 5.41) is 9.87. The fraction of sp³-hybridized carbons (Fsp3) is 0.235. The molecule has 4 nitrogen and oxygen atoms in total. The van der Waals surface area contributed by atoms with Crippen LogP contribution in [0.15, 0.2) is 42.6 Å². The molecule has 0 N–H and O–H groups in total. The van der Waals surface area contributed by atoms with Crippen molar-refractivity contribution in [1.29, 1.82) is 5.26 Å². The molecule has 112 valence electrons. The molecule has 0 saturated heterocycles. The molecule has 1 amide bonds. The summed E-state index contributed by atoms with van der Waals surface area (Å²) in [7, 11) is 1.59. The maximum absolute atomic E-state index is 12.4. The zero-order valence-corrected chi connectivity index (χ0v) is 13.2. The van der Waals surface area contributed by atoms with Crippen LogP contribution in [0.2, 0.25) is 5.02 Å². The molecule has 1 atom stereocenters. The highest BCUT2D eigenvalue weighted by Crippen LogP contribution is 2.21. The SMILES string of the molecule is CCc1ccc(C(C#N)N(C)C(=O)c2cc(Cl)ccn2)cc1. The van der Waals surface area contributed by atoms with Crippen LogP contribution in [0.1, 0.15) is 34.6 Å². The van der Waals surface area contributed by atoms with E-state index in [0.717, 1.165) is 12.0 Å². The standard InChI is InChI=1S/C17H16ClN3O/c1-3-12-4-6-13(7-5-12)16(11-19)21(2)17(22)15-10-14(18)8-9-20-15/h4-10,16H,3H2,1-2H3. The summed E-state index contributed by atoms with van der Waals surface area (Å²) < 4.78 is 0. The first kappa shape index (κ1) is 16.0. The number of aryl methyl sites for hydroxylation is 1. The highest BCUT2D eigenvalue weighted by Gasteiger charge is 2.23. The lowest BCUT2D eigenvalue weighted by Gasteiger charge is -2.23. The van der Waals surface area contributed by atoms with Gasteiger partial charge in [-0.15, -0.1) is 0 Å². The Hall–Kier alpha value is -2.38. The minimum atomic E-state index is -0.667. The lowest BCUT2D eigenvalue weighted by atomic mass is 10.0. The zero-order chi connectivity index (χ0) is 16.1. The third-order valence-corrected chi connectivity index (χ3v) is 3.71. The van der Waals surface area contributed by atoms with E-state index in [9.17, 15) is 10.1 Å². The molecular formula is C17H16ClN3O. The molecule has 5 heteroatoms. The second-order valence-electron chi connectivity index (χ2n) is 4.90. The third-order valence-electron chi connectivity index (χ3n) is 3.47. The van der Waals surface area contributed by atoms with Gasteiger partial charge in [-0.3, -0.25) is 9.78 Å². The monoisotopic (exact) mass is 313 g/mol. The van der Waals surface area contributed by atoms with Crippen molar-refractivity contribution in [3.05, 3.63) is 64.4 Å². The van der Waals surface area contributed by atoms with Gasteiger partial charge in [-0.25, -0.2) is 0 Å². The number of carbonyl (C=O) groups excluding carboxylic acids is 1. The van der Waals surface area contributed by atoms with E-state index in [2.05, 4.69) is 18.0 Å². The van der Waals surface area contributed by atoms with Crippen molar-refractivity contribution in [1.82, 2.24) is 9.88 Å². The van der Waals surface area contributed by atoms with Gasteiger partial charge in [-0.05, 0) is 29.7 Å². The van der Waals surface area contributed by atoms with E-state index >= 15 is 0 Å². The van der Waals surface area contributed by atoms with Gasteiger partial charge in [-0.1, -0.05) is 42.8 Å². The van der Waals surface area contributed by atoms with Crippen LogP contribution >= 0.6 is 11.6 Å². The Morgan fingerprint density at radius 2 is 2.05 bits per heavy atom. The van der Waals surface area contributed by atoms with E-state index in [-0.39, 0.29) is 11.6 Å². The number of nitriles is 1.